The third kappa shape index (κ3) is 2.51. The Kier molecular flexibility index (Phi) is 3.41. The first kappa shape index (κ1) is 11.4. The van der Waals surface area contributed by atoms with Crippen LogP contribution in [0.1, 0.15) is 16.1 Å². The normalized spacial score (nSPS) is 10.4. The first-order chi connectivity index (χ1) is 7.66. The van der Waals surface area contributed by atoms with Crippen LogP contribution < -0.4 is 0 Å². The summed E-state index contributed by atoms with van der Waals surface area (Å²) in [7, 11) is 0. The number of hydrogen-bond donors (Lipinski definition) is 0. The topological polar surface area (TPSA) is 43.1 Å². The Balaban J connectivity index is 2.17. The maximum Gasteiger partial charge on any atom is 0.202 e. The van der Waals surface area contributed by atoms with Gasteiger partial charge in [-0.3, -0.25) is 9.78 Å². The first-order valence-corrected chi connectivity index (χ1v) is 5.71. The molecule has 0 spiro atoms. The Morgan fingerprint density at radius 3 is 2.88 bits per heavy atom. The molecular weight excluding hydrogens is 293 g/mol. The highest BCUT2D eigenvalue weighted by molar-refractivity contribution is 9.10. The zero-order chi connectivity index (χ0) is 11.5. The van der Waals surface area contributed by atoms with Crippen molar-refractivity contribution in [3.8, 4) is 0 Å². The summed E-state index contributed by atoms with van der Waals surface area (Å²) in [5, 5.41) is 0.487. The van der Waals surface area contributed by atoms with Crippen molar-refractivity contribution in [1.82, 2.24) is 4.98 Å². The molecule has 0 aliphatic heterocycles. The number of halogens is 2. The van der Waals surface area contributed by atoms with Crippen molar-refractivity contribution >= 4 is 33.3 Å². The van der Waals surface area contributed by atoms with Crippen molar-refractivity contribution in [2.75, 3.05) is 0 Å². The van der Waals surface area contributed by atoms with Gasteiger partial charge in [0.1, 0.15) is 0 Å². The molecule has 0 saturated heterocycles. The van der Waals surface area contributed by atoms with Crippen LogP contribution in [0.15, 0.2) is 39.7 Å². The summed E-state index contributed by atoms with van der Waals surface area (Å²) in [6.45, 7) is 0. The number of rotatable bonds is 3. The van der Waals surface area contributed by atoms with Crippen molar-refractivity contribution in [2.45, 2.75) is 6.42 Å². The average molecular weight is 301 g/mol. The molecule has 0 amide bonds. The van der Waals surface area contributed by atoms with E-state index in [2.05, 4.69) is 20.9 Å². The Labute approximate surface area is 106 Å². The van der Waals surface area contributed by atoms with E-state index in [9.17, 15) is 4.79 Å². The second-order valence-electron chi connectivity index (χ2n) is 3.17. The van der Waals surface area contributed by atoms with E-state index >= 15 is 0 Å². The van der Waals surface area contributed by atoms with Crippen LogP contribution in [0.5, 0.6) is 0 Å². The number of hydrogen-bond acceptors (Lipinski definition) is 3. The molecule has 0 bridgehead atoms. The summed E-state index contributed by atoms with van der Waals surface area (Å²) < 4.78 is 5.70. The molecule has 0 radical (unpaired) electrons. The van der Waals surface area contributed by atoms with Gasteiger partial charge in [-0.25, -0.2) is 0 Å². The molecule has 2 aromatic heterocycles. The van der Waals surface area contributed by atoms with Gasteiger partial charge in [0, 0.05) is 18.8 Å². The number of furan rings is 1. The average Bonchev–Trinajstić information content (AvgIpc) is 2.68. The highest BCUT2D eigenvalue weighted by atomic mass is 79.9. The molecule has 0 atom stereocenters. The SMILES string of the molecule is O=C(Cc1ccncc1Cl)c1ccc(Br)o1. The van der Waals surface area contributed by atoms with Crippen LogP contribution in [0.25, 0.3) is 0 Å². The summed E-state index contributed by atoms with van der Waals surface area (Å²) >= 11 is 9.05. The van der Waals surface area contributed by atoms with Gasteiger partial charge in [-0.05, 0) is 39.7 Å². The second-order valence-corrected chi connectivity index (χ2v) is 4.36. The van der Waals surface area contributed by atoms with E-state index < -0.39 is 0 Å². The number of Topliss-reactive ketones (excluding diaryl/α,β-unsaturated/α-hetero) is 1. The van der Waals surface area contributed by atoms with Crippen molar-refractivity contribution in [1.29, 1.82) is 0 Å². The lowest BCUT2D eigenvalue weighted by Gasteiger charge is -2.00. The van der Waals surface area contributed by atoms with Crippen LogP contribution in [0.3, 0.4) is 0 Å². The molecule has 16 heavy (non-hydrogen) atoms. The highest BCUT2D eigenvalue weighted by Gasteiger charge is 2.12. The van der Waals surface area contributed by atoms with Gasteiger partial charge in [-0.1, -0.05) is 11.6 Å². The molecule has 5 heteroatoms. The van der Waals surface area contributed by atoms with Gasteiger partial charge in [-0.15, -0.1) is 0 Å². The third-order valence-electron chi connectivity index (χ3n) is 2.06. The van der Waals surface area contributed by atoms with E-state index in [0.29, 0.717) is 15.5 Å². The van der Waals surface area contributed by atoms with Gasteiger partial charge in [-0.2, -0.15) is 0 Å². The largest absolute Gasteiger partial charge is 0.446 e. The first-order valence-electron chi connectivity index (χ1n) is 4.54. The quantitative estimate of drug-likeness (QED) is 0.815. The molecule has 0 aliphatic carbocycles. The molecule has 2 rings (SSSR count). The predicted molar refractivity (Wildman–Crippen MR) is 63.7 cm³/mol. The molecule has 0 aromatic carbocycles. The molecule has 3 nitrogen and oxygen atoms in total. The van der Waals surface area contributed by atoms with Gasteiger partial charge in [0.15, 0.2) is 10.4 Å². The van der Waals surface area contributed by atoms with Gasteiger partial charge < -0.3 is 4.42 Å². The molecule has 0 unspecified atom stereocenters. The van der Waals surface area contributed by atoms with Gasteiger partial charge in [0.05, 0.1) is 5.02 Å². The summed E-state index contributed by atoms with van der Waals surface area (Å²) in [5.74, 6) is 0.207. The fraction of sp³-hybridized carbons (Fsp3) is 0.0909. The summed E-state index contributed by atoms with van der Waals surface area (Å²) in [4.78, 5) is 15.6. The lowest BCUT2D eigenvalue weighted by molar-refractivity contribution is 0.0965. The van der Waals surface area contributed by atoms with Gasteiger partial charge in [0.2, 0.25) is 5.78 Å². The second kappa shape index (κ2) is 4.80. The van der Waals surface area contributed by atoms with E-state index in [-0.39, 0.29) is 12.2 Å². The molecule has 0 saturated carbocycles. The standard InChI is InChI=1S/C11H7BrClNO2/c12-11-2-1-10(16-11)9(15)5-7-3-4-14-6-8(7)13/h1-4,6H,5H2. The highest BCUT2D eigenvalue weighted by Crippen LogP contribution is 2.19. The third-order valence-corrected chi connectivity index (χ3v) is 2.82. The zero-order valence-corrected chi connectivity index (χ0v) is 10.5. The van der Waals surface area contributed by atoms with Gasteiger partial charge in [0.25, 0.3) is 0 Å². The fourth-order valence-corrected chi connectivity index (χ4v) is 1.76. The van der Waals surface area contributed by atoms with Crippen LogP contribution in [0.4, 0.5) is 0 Å². The van der Waals surface area contributed by atoms with E-state index in [1.807, 2.05) is 0 Å². The van der Waals surface area contributed by atoms with Gasteiger partial charge >= 0.3 is 0 Å². The van der Waals surface area contributed by atoms with E-state index in [0.717, 1.165) is 5.56 Å². The fourth-order valence-electron chi connectivity index (χ4n) is 1.27. The number of pyridine rings is 1. The Hall–Kier alpha value is -1.13. The minimum atomic E-state index is -0.112. The molecular formula is C11H7BrClNO2. The number of ketones is 1. The maximum absolute atomic E-state index is 11.8. The van der Waals surface area contributed by atoms with Crippen molar-refractivity contribution in [3.63, 3.8) is 0 Å². The number of aromatic nitrogens is 1. The zero-order valence-electron chi connectivity index (χ0n) is 8.11. The van der Waals surface area contributed by atoms with Crippen molar-refractivity contribution in [3.05, 3.63) is 51.6 Å². The Morgan fingerprint density at radius 2 is 2.25 bits per heavy atom. The van der Waals surface area contributed by atoms with Crippen LogP contribution in [-0.2, 0) is 6.42 Å². The lowest BCUT2D eigenvalue weighted by atomic mass is 10.1. The monoisotopic (exact) mass is 299 g/mol. The van der Waals surface area contributed by atoms with Crippen LogP contribution in [0.2, 0.25) is 5.02 Å². The van der Waals surface area contributed by atoms with Crippen LogP contribution >= 0.6 is 27.5 Å². The molecule has 0 aliphatic rings. The number of carbonyl (C=O) groups excluding carboxylic acids is 1. The molecule has 2 heterocycles. The van der Waals surface area contributed by atoms with E-state index in [1.165, 1.54) is 6.20 Å². The summed E-state index contributed by atoms with van der Waals surface area (Å²) in [6.07, 6.45) is 3.33. The minimum absolute atomic E-state index is 0.112. The molecule has 0 fully saturated rings. The molecule has 2 aromatic rings. The number of carbonyl (C=O) groups is 1. The minimum Gasteiger partial charge on any atom is -0.446 e. The Morgan fingerprint density at radius 1 is 1.44 bits per heavy atom. The molecule has 0 N–H and O–H groups in total. The van der Waals surface area contributed by atoms with Crippen molar-refractivity contribution in [2.24, 2.45) is 0 Å². The number of nitrogens with zero attached hydrogens (tertiary/aromatic N) is 1. The predicted octanol–water partition coefficient (Wildman–Crippen LogP) is 3.52. The smallest absolute Gasteiger partial charge is 0.202 e. The summed E-state index contributed by atoms with van der Waals surface area (Å²) in [6, 6.07) is 5.03. The lowest BCUT2D eigenvalue weighted by Crippen LogP contribution is -2.02. The van der Waals surface area contributed by atoms with Crippen LogP contribution in [0, 0.1) is 0 Å². The van der Waals surface area contributed by atoms with Crippen LogP contribution in [-0.4, -0.2) is 10.8 Å². The summed E-state index contributed by atoms with van der Waals surface area (Å²) in [5.41, 5.74) is 0.745. The van der Waals surface area contributed by atoms with Crippen molar-refractivity contribution < 1.29 is 9.21 Å². The molecule has 82 valence electrons. The van der Waals surface area contributed by atoms with E-state index in [1.54, 1.807) is 24.4 Å². The van der Waals surface area contributed by atoms with E-state index in [4.69, 9.17) is 16.0 Å². The maximum atomic E-state index is 11.8. The Bertz CT molecular complexity index is 524.